The van der Waals surface area contributed by atoms with Crippen LogP contribution in [0.25, 0.3) is 0 Å². The van der Waals surface area contributed by atoms with Crippen molar-refractivity contribution >= 4 is 33.2 Å². The van der Waals surface area contributed by atoms with Crippen molar-refractivity contribution in [3.8, 4) is 0 Å². The first-order valence-electron chi connectivity index (χ1n) is 8.54. The van der Waals surface area contributed by atoms with Crippen molar-refractivity contribution in [1.82, 2.24) is 9.21 Å². The summed E-state index contributed by atoms with van der Waals surface area (Å²) in [6.07, 6.45) is -4.82. The molecule has 0 aromatic heterocycles. The van der Waals surface area contributed by atoms with E-state index in [-0.39, 0.29) is 15.5 Å². The molecule has 2 aromatic carbocycles. The Hall–Kier alpha value is -2.70. The average Bonchev–Trinajstić information content (AvgIpc) is 2.66. The topological polar surface area (TPSA) is 101 Å². The van der Waals surface area contributed by atoms with Gasteiger partial charge >= 0.3 is 6.18 Å². The number of para-hydroxylation sites is 1. The number of nitrogens with zero attached hydrogens (tertiary/aromatic N) is 3. The lowest BCUT2D eigenvalue weighted by atomic mass is 10.1. The van der Waals surface area contributed by atoms with Crippen molar-refractivity contribution < 1.29 is 31.3 Å². The SMILES string of the molecule is CN(C)S(=O)(=O)c1ccc(Cl)c(C(=O)N(Cc2ccccc2[N+](=O)[O-])CC(F)(F)F)c1. The second kappa shape index (κ2) is 9.20. The zero-order valence-corrected chi connectivity index (χ0v) is 17.8. The Balaban J connectivity index is 2.54. The zero-order valence-electron chi connectivity index (χ0n) is 16.3. The Labute approximate surface area is 181 Å². The van der Waals surface area contributed by atoms with Crippen LogP contribution in [0.4, 0.5) is 18.9 Å². The summed E-state index contributed by atoms with van der Waals surface area (Å²) >= 11 is 5.98. The molecule has 0 atom stereocenters. The maximum atomic E-state index is 13.2. The molecule has 1 amide bonds. The van der Waals surface area contributed by atoms with Gasteiger partial charge in [0.2, 0.25) is 10.0 Å². The second-order valence-electron chi connectivity index (χ2n) is 6.59. The van der Waals surface area contributed by atoms with Gasteiger partial charge in [0.25, 0.3) is 11.6 Å². The molecule has 0 heterocycles. The number of sulfonamides is 1. The van der Waals surface area contributed by atoms with Gasteiger partial charge in [-0.3, -0.25) is 14.9 Å². The Morgan fingerprint density at radius 3 is 2.32 bits per heavy atom. The van der Waals surface area contributed by atoms with Crippen LogP contribution in [-0.4, -0.2) is 55.3 Å². The van der Waals surface area contributed by atoms with Crippen molar-refractivity contribution in [3.05, 3.63) is 68.7 Å². The molecule has 0 aliphatic heterocycles. The summed E-state index contributed by atoms with van der Waals surface area (Å²) in [5.74, 6) is -1.23. The summed E-state index contributed by atoms with van der Waals surface area (Å²) in [6, 6.07) is 8.13. The number of nitro groups is 1. The van der Waals surface area contributed by atoms with Crippen LogP contribution >= 0.6 is 11.6 Å². The minimum absolute atomic E-state index is 0.127. The second-order valence-corrected chi connectivity index (χ2v) is 9.15. The van der Waals surface area contributed by atoms with Gasteiger partial charge in [-0.2, -0.15) is 13.2 Å². The molecule has 0 N–H and O–H groups in total. The number of hydrogen-bond acceptors (Lipinski definition) is 5. The van der Waals surface area contributed by atoms with Crippen molar-refractivity contribution in [3.63, 3.8) is 0 Å². The van der Waals surface area contributed by atoms with Crippen LogP contribution in [0, 0.1) is 10.1 Å². The van der Waals surface area contributed by atoms with E-state index >= 15 is 0 Å². The number of alkyl halides is 3. The summed E-state index contributed by atoms with van der Waals surface area (Å²) in [6.45, 7) is -2.46. The fourth-order valence-electron chi connectivity index (χ4n) is 2.65. The van der Waals surface area contributed by atoms with E-state index in [2.05, 4.69) is 0 Å². The van der Waals surface area contributed by atoms with Gasteiger partial charge in [-0.25, -0.2) is 12.7 Å². The van der Waals surface area contributed by atoms with Crippen LogP contribution in [0.1, 0.15) is 15.9 Å². The third-order valence-electron chi connectivity index (χ3n) is 4.15. The first-order valence-corrected chi connectivity index (χ1v) is 10.4. The van der Waals surface area contributed by atoms with E-state index in [1.165, 1.54) is 32.3 Å². The van der Waals surface area contributed by atoms with E-state index in [1.54, 1.807) is 0 Å². The largest absolute Gasteiger partial charge is 0.406 e. The Kier molecular flexibility index (Phi) is 7.29. The van der Waals surface area contributed by atoms with Crippen molar-refractivity contribution in [2.24, 2.45) is 0 Å². The fraction of sp³-hybridized carbons (Fsp3) is 0.278. The molecule has 0 bridgehead atoms. The molecule has 8 nitrogen and oxygen atoms in total. The number of amides is 1. The quantitative estimate of drug-likeness (QED) is 0.445. The van der Waals surface area contributed by atoms with Crippen molar-refractivity contribution in [2.75, 3.05) is 20.6 Å². The summed E-state index contributed by atoms with van der Waals surface area (Å²) in [7, 11) is -1.50. The van der Waals surface area contributed by atoms with Gasteiger partial charge in [-0.05, 0) is 18.2 Å². The minimum atomic E-state index is -4.82. The predicted molar refractivity (Wildman–Crippen MR) is 106 cm³/mol. The van der Waals surface area contributed by atoms with E-state index in [9.17, 15) is 36.5 Å². The monoisotopic (exact) mass is 479 g/mol. The highest BCUT2D eigenvalue weighted by atomic mass is 35.5. The molecule has 0 radical (unpaired) electrons. The number of carbonyl (C=O) groups is 1. The Morgan fingerprint density at radius 1 is 1.16 bits per heavy atom. The van der Waals surface area contributed by atoms with Gasteiger partial charge < -0.3 is 4.90 Å². The number of halogens is 4. The highest BCUT2D eigenvalue weighted by Gasteiger charge is 2.35. The molecule has 13 heteroatoms. The standard InChI is InChI=1S/C18H17ClF3N3O5S/c1-23(2)31(29,30)13-7-8-15(19)14(9-13)17(26)24(11-18(20,21)22)10-12-5-3-4-6-16(12)25(27)28/h3-9H,10-11H2,1-2H3. The molecule has 2 rings (SSSR count). The van der Waals surface area contributed by atoms with Crippen molar-refractivity contribution in [1.29, 1.82) is 0 Å². The lowest BCUT2D eigenvalue weighted by Crippen LogP contribution is -2.39. The third-order valence-corrected chi connectivity index (χ3v) is 6.29. The molecule has 0 aliphatic carbocycles. The molecule has 0 fully saturated rings. The Morgan fingerprint density at radius 2 is 1.77 bits per heavy atom. The number of nitro benzene ring substituents is 1. The summed E-state index contributed by atoms with van der Waals surface area (Å²) in [4.78, 5) is 23.3. The van der Waals surface area contributed by atoms with Crippen LogP contribution in [0.3, 0.4) is 0 Å². The molecule has 0 unspecified atom stereocenters. The maximum Gasteiger partial charge on any atom is 0.406 e. The maximum absolute atomic E-state index is 13.2. The zero-order chi connectivity index (χ0) is 23.6. The minimum Gasteiger partial charge on any atom is -0.325 e. The highest BCUT2D eigenvalue weighted by molar-refractivity contribution is 7.89. The molecular weight excluding hydrogens is 463 g/mol. The van der Waals surface area contributed by atoms with Gasteiger partial charge in [0, 0.05) is 25.7 Å². The van der Waals surface area contributed by atoms with E-state index in [1.807, 2.05) is 0 Å². The fourth-order valence-corrected chi connectivity index (χ4v) is 3.78. The molecule has 0 spiro atoms. The van der Waals surface area contributed by atoms with Gasteiger partial charge in [0.15, 0.2) is 0 Å². The van der Waals surface area contributed by atoms with E-state index in [0.29, 0.717) is 4.90 Å². The molecule has 2 aromatic rings. The smallest absolute Gasteiger partial charge is 0.325 e. The molecule has 31 heavy (non-hydrogen) atoms. The van der Waals surface area contributed by atoms with Crippen LogP contribution in [0.5, 0.6) is 0 Å². The lowest BCUT2D eigenvalue weighted by molar-refractivity contribution is -0.385. The van der Waals surface area contributed by atoms with Crippen LogP contribution in [-0.2, 0) is 16.6 Å². The van der Waals surface area contributed by atoms with Gasteiger partial charge in [-0.1, -0.05) is 29.8 Å². The number of hydrogen-bond donors (Lipinski definition) is 0. The third kappa shape index (κ3) is 5.93. The molecular formula is C18H17ClF3N3O5S. The molecule has 0 aliphatic rings. The summed E-state index contributed by atoms with van der Waals surface area (Å²) in [5, 5.41) is 10.9. The van der Waals surface area contributed by atoms with Crippen molar-refractivity contribution in [2.45, 2.75) is 17.6 Å². The summed E-state index contributed by atoms with van der Waals surface area (Å²) in [5.41, 5.74) is -1.07. The first-order chi connectivity index (χ1) is 14.2. The van der Waals surface area contributed by atoms with Crippen LogP contribution in [0.2, 0.25) is 5.02 Å². The molecule has 0 saturated carbocycles. The average molecular weight is 480 g/mol. The van der Waals surface area contributed by atoms with Crippen LogP contribution in [0.15, 0.2) is 47.4 Å². The predicted octanol–water partition coefficient (Wildman–Crippen LogP) is 3.70. The summed E-state index contributed by atoms with van der Waals surface area (Å²) < 4.78 is 65.0. The first kappa shape index (κ1) is 24.6. The molecule has 168 valence electrons. The number of benzene rings is 2. The van der Waals surface area contributed by atoms with Gasteiger partial charge in [-0.15, -0.1) is 0 Å². The van der Waals surface area contributed by atoms with E-state index in [4.69, 9.17) is 11.6 Å². The number of rotatable bonds is 7. The molecule has 0 saturated heterocycles. The van der Waals surface area contributed by atoms with E-state index in [0.717, 1.165) is 28.6 Å². The highest BCUT2D eigenvalue weighted by Crippen LogP contribution is 2.28. The van der Waals surface area contributed by atoms with Crippen LogP contribution < -0.4 is 0 Å². The van der Waals surface area contributed by atoms with Gasteiger partial charge in [0.05, 0.1) is 26.9 Å². The Bertz CT molecular complexity index is 1110. The normalized spacial score (nSPS) is 12.1. The van der Waals surface area contributed by atoms with Gasteiger partial charge in [0.1, 0.15) is 6.54 Å². The number of carbonyl (C=O) groups excluding carboxylic acids is 1. The van der Waals surface area contributed by atoms with E-state index < -0.39 is 51.4 Å². The lowest BCUT2D eigenvalue weighted by Gasteiger charge is -2.25.